The van der Waals surface area contributed by atoms with Gasteiger partial charge in [-0.3, -0.25) is 14.5 Å². The van der Waals surface area contributed by atoms with Crippen LogP contribution in [0.1, 0.15) is 5.56 Å². The van der Waals surface area contributed by atoms with E-state index in [0.29, 0.717) is 11.4 Å². The van der Waals surface area contributed by atoms with E-state index in [1.807, 2.05) is 0 Å². The molecule has 0 saturated heterocycles. The number of nitrogens with zero attached hydrogens (tertiary/aromatic N) is 1. The number of benzene rings is 2. The second-order valence-corrected chi connectivity index (χ2v) is 5.41. The van der Waals surface area contributed by atoms with Gasteiger partial charge in [0.05, 0.1) is 10.7 Å². The van der Waals surface area contributed by atoms with E-state index in [9.17, 15) is 14.0 Å². The first-order valence-corrected chi connectivity index (χ1v) is 7.31. The number of carbonyl (C=O) groups excluding carboxylic acids is 1. The van der Waals surface area contributed by atoms with Crippen LogP contribution in [0.25, 0.3) is 6.08 Å². The second kappa shape index (κ2) is 6.33. The van der Waals surface area contributed by atoms with Crippen molar-refractivity contribution in [1.82, 2.24) is 0 Å². The van der Waals surface area contributed by atoms with Crippen molar-refractivity contribution < 1.29 is 23.8 Å². The third-order valence-electron chi connectivity index (χ3n) is 3.40. The maximum Gasteiger partial charge on any atom is 0.323 e. The Bertz CT molecular complexity index is 845. The molecule has 0 spiro atoms. The van der Waals surface area contributed by atoms with Crippen LogP contribution in [0.2, 0.25) is 5.02 Å². The third-order valence-corrected chi connectivity index (χ3v) is 3.73. The minimum atomic E-state index is -1.18. The highest BCUT2D eigenvalue weighted by Gasteiger charge is 2.31. The van der Waals surface area contributed by atoms with Crippen LogP contribution >= 0.6 is 11.6 Å². The van der Waals surface area contributed by atoms with Crippen LogP contribution < -0.4 is 9.64 Å². The molecule has 0 unspecified atom stereocenters. The maximum absolute atomic E-state index is 13.9. The number of ether oxygens (including phenoxy) is 1. The van der Waals surface area contributed by atoms with E-state index < -0.39 is 24.2 Å². The molecule has 0 aromatic heterocycles. The largest absolute Gasteiger partial charge is 0.480 e. The van der Waals surface area contributed by atoms with Crippen LogP contribution in [0, 0.1) is 5.82 Å². The monoisotopic (exact) mass is 347 g/mol. The van der Waals surface area contributed by atoms with Crippen LogP contribution in [-0.4, -0.2) is 23.5 Å². The SMILES string of the molecule is O=C(O)CN1C(=O)/C(=C/c2c(F)cccc2Cl)Oc2ccccc21. The van der Waals surface area contributed by atoms with Gasteiger partial charge < -0.3 is 9.84 Å². The molecule has 7 heteroatoms. The number of carboxylic acids is 1. The highest BCUT2D eigenvalue weighted by Crippen LogP contribution is 2.36. The molecule has 122 valence electrons. The lowest BCUT2D eigenvalue weighted by atomic mass is 10.1. The predicted octanol–water partition coefficient (Wildman–Crippen LogP) is 3.33. The number of hydrogen-bond acceptors (Lipinski definition) is 3. The van der Waals surface area contributed by atoms with Gasteiger partial charge in [0.15, 0.2) is 11.5 Å². The van der Waals surface area contributed by atoms with Gasteiger partial charge in [-0.05, 0) is 30.3 Å². The molecule has 0 bridgehead atoms. The molecule has 1 amide bonds. The van der Waals surface area contributed by atoms with E-state index >= 15 is 0 Å². The van der Waals surface area contributed by atoms with Crippen molar-refractivity contribution in [3.8, 4) is 5.75 Å². The van der Waals surface area contributed by atoms with Gasteiger partial charge >= 0.3 is 5.97 Å². The summed E-state index contributed by atoms with van der Waals surface area (Å²) in [7, 11) is 0. The Hall–Kier alpha value is -2.86. The Kier molecular flexibility index (Phi) is 4.22. The first-order chi connectivity index (χ1) is 11.5. The van der Waals surface area contributed by atoms with Gasteiger partial charge in [0.2, 0.25) is 0 Å². The van der Waals surface area contributed by atoms with E-state index in [1.165, 1.54) is 24.3 Å². The molecule has 1 aliphatic heterocycles. The van der Waals surface area contributed by atoms with Crippen molar-refractivity contribution in [2.24, 2.45) is 0 Å². The molecule has 2 aromatic rings. The molecule has 2 aromatic carbocycles. The minimum absolute atomic E-state index is 0.00262. The van der Waals surface area contributed by atoms with Crippen molar-refractivity contribution in [1.29, 1.82) is 0 Å². The number of aliphatic carboxylic acids is 1. The number of carbonyl (C=O) groups is 2. The number of amides is 1. The number of carboxylic acid groups (broad SMARTS) is 1. The van der Waals surface area contributed by atoms with Crippen LogP contribution in [-0.2, 0) is 9.59 Å². The molecule has 3 rings (SSSR count). The van der Waals surface area contributed by atoms with Gasteiger partial charge in [-0.1, -0.05) is 29.8 Å². The number of anilines is 1. The van der Waals surface area contributed by atoms with Crippen molar-refractivity contribution in [2.75, 3.05) is 11.4 Å². The molecular weight excluding hydrogens is 337 g/mol. The minimum Gasteiger partial charge on any atom is -0.480 e. The van der Waals surface area contributed by atoms with Crippen LogP contribution in [0.3, 0.4) is 0 Å². The third kappa shape index (κ3) is 2.96. The van der Waals surface area contributed by atoms with Gasteiger partial charge in [-0.2, -0.15) is 0 Å². The van der Waals surface area contributed by atoms with E-state index in [4.69, 9.17) is 21.4 Å². The van der Waals surface area contributed by atoms with Gasteiger partial charge in [0, 0.05) is 5.56 Å². The molecule has 0 aliphatic carbocycles. The number of rotatable bonds is 3. The molecule has 0 fully saturated rings. The average Bonchev–Trinajstić information content (AvgIpc) is 2.54. The normalized spacial score (nSPS) is 15.2. The zero-order valence-electron chi connectivity index (χ0n) is 12.2. The first kappa shape index (κ1) is 16.0. The molecule has 1 aliphatic rings. The number of para-hydroxylation sites is 2. The van der Waals surface area contributed by atoms with E-state index in [1.54, 1.807) is 24.3 Å². The lowest BCUT2D eigenvalue weighted by Gasteiger charge is -2.29. The quantitative estimate of drug-likeness (QED) is 0.865. The molecule has 0 atom stereocenters. The fourth-order valence-electron chi connectivity index (χ4n) is 2.33. The van der Waals surface area contributed by atoms with E-state index in [0.717, 1.165) is 4.90 Å². The zero-order valence-corrected chi connectivity index (χ0v) is 13.0. The molecule has 0 saturated carbocycles. The van der Waals surface area contributed by atoms with Gasteiger partial charge in [0.25, 0.3) is 5.91 Å². The van der Waals surface area contributed by atoms with Crippen molar-refractivity contribution in [2.45, 2.75) is 0 Å². The number of fused-ring (bicyclic) bond motifs is 1. The molecule has 0 radical (unpaired) electrons. The zero-order chi connectivity index (χ0) is 17.3. The van der Waals surface area contributed by atoms with Crippen molar-refractivity contribution in [3.05, 3.63) is 64.6 Å². The highest BCUT2D eigenvalue weighted by atomic mass is 35.5. The summed E-state index contributed by atoms with van der Waals surface area (Å²) >= 11 is 5.96. The Morgan fingerprint density at radius 2 is 2.00 bits per heavy atom. The lowest BCUT2D eigenvalue weighted by Crippen LogP contribution is -2.40. The van der Waals surface area contributed by atoms with Crippen LogP contribution in [0.4, 0.5) is 10.1 Å². The van der Waals surface area contributed by atoms with Gasteiger partial charge in [0.1, 0.15) is 12.4 Å². The summed E-state index contributed by atoms with van der Waals surface area (Å²) in [5, 5.41) is 9.15. The molecular formula is C17H11ClFNO4. The van der Waals surface area contributed by atoms with Crippen molar-refractivity contribution in [3.63, 3.8) is 0 Å². The molecule has 5 nitrogen and oxygen atoms in total. The van der Waals surface area contributed by atoms with E-state index in [2.05, 4.69) is 0 Å². The summed E-state index contributed by atoms with van der Waals surface area (Å²) in [6.07, 6.45) is 1.17. The maximum atomic E-state index is 13.9. The number of halogens is 2. The fourth-order valence-corrected chi connectivity index (χ4v) is 2.55. The molecule has 1 heterocycles. The Labute approximate surface area is 141 Å². The average molecular weight is 348 g/mol. The standard InChI is InChI=1S/C17H11ClFNO4/c18-11-4-3-5-12(19)10(11)8-15-17(23)20(9-16(21)22)13-6-1-2-7-14(13)24-15/h1-8H,9H2,(H,21,22)/b15-8-. The predicted molar refractivity (Wildman–Crippen MR) is 86.4 cm³/mol. The lowest BCUT2D eigenvalue weighted by molar-refractivity contribution is -0.136. The van der Waals surface area contributed by atoms with Crippen LogP contribution in [0.15, 0.2) is 48.2 Å². The van der Waals surface area contributed by atoms with E-state index in [-0.39, 0.29) is 16.3 Å². The summed E-state index contributed by atoms with van der Waals surface area (Å²) in [5.41, 5.74) is 0.332. The Balaban J connectivity index is 2.09. The molecule has 24 heavy (non-hydrogen) atoms. The topological polar surface area (TPSA) is 66.8 Å². The highest BCUT2D eigenvalue weighted by molar-refractivity contribution is 6.32. The van der Waals surface area contributed by atoms with Gasteiger partial charge in [-0.15, -0.1) is 0 Å². The summed E-state index contributed by atoms with van der Waals surface area (Å²) < 4.78 is 19.5. The second-order valence-electron chi connectivity index (χ2n) is 5.00. The first-order valence-electron chi connectivity index (χ1n) is 6.93. The summed E-state index contributed by atoms with van der Waals surface area (Å²) in [6.45, 7) is -0.540. The Morgan fingerprint density at radius 1 is 1.25 bits per heavy atom. The van der Waals surface area contributed by atoms with Crippen LogP contribution in [0.5, 0.6) is 5.75 Å². The Morgan fingerprint density at radius 3 is 2.71 bits per heavy atom. The molecule has 1 N–H and O–H groups in total. The summed E-state index contributed by atoms with van der Waals surface area (Å²) in [5.74, 6) is -2.38. The fraction of sp³-hybridized carbons (Fsp3) is 0.0588. The van der Waals surface area contributed by atoms with Gasteiger partial charge in [-0.25, -0.2) is 4.39 Å². The summed E-state index contributed by atoms with van der Waals surface area (Å²) in [6, 6.07) is 10.6. The van der Waals surface area contributed by atoms with Crippen molar-refractivity contribution >= 4 is 35.2 Å². The smallest absolute Gasteiger partial charge is 0.323 e. The summed E-state index contributed by atoms with van der Waals surface area (Å²) in [4.78, 5) is 24.7. The number of hydrogen-bond donors (Lipinski definition) is 1.